The minimum atomic E-state index is -0.338. The van der Waals surface area contributed by atoms with Gasteiger partial charge in [-0.15, -0.1) is 0 Å². The highest BCUT2D eigenvalue weighted by molar-refractivity contribution is 6.06. The van der Waals surface area contributed by atoms with Crippen molar-refractivity contribution in [1.82, 2.24) is 0 Å². The molecular formula is C63H51NO. The van der Waals surface area contributed by atoms with Gasteiger partial charge in [0.25, 0.3) is 0 Å². The zero-order chi connectivity index (χ0) is 44.2. The van der Waals surface area contributed by atoms with E-state index in [1.54, 1.807) is 0 Å². The molecule has 2 aliphatic rings. The molecule has 0 saturated heterocycles. The quantitative estimate of drug-likeness (QED) is 0.166. The summed E-state index contributed by atoms with van der Waals surface area (Å²) < 4.78 is 6.20. The Morgan fingerprint density at radius 1 is 0.415 bits per heavy atom. The van der Waals surface area contributed by atoms with Crippen LogP contribution in [0.2, 0.25) is 0 Å². The first kappa shape index (κ1) is 39.2. The minimum Gasteiger partial charge on any atom is -0.456 e. The van der Waals surface area contributed by atoms with E-state index in [9.17, 15) is 0 Å². The van der Waals surface area contributed by atoms with E-state index in [1.165, 1.54) is 66.8 Å². The second-order valence-corrected chi connectivity index (χ2v) is 19.8. The molecule has 1 atom stereocenters. The predicted molar refractivity (Wildman–Crippen MR) is 273 cm³/mol. The smallest absolute Gasteiger partial charge is 0.135 e. The van der Waals surface area contributed by atoms with Gasteiger partial charge in [-0.05, 0) is 133 Å². The fraction of sp³-hybridized carbons (Fsp3) is 0.143. The summed E-state index contributed by atoms with van der Waals surface area (Å²) in [6, 6.07) is 74.3. The summed E-state index contributed by atoms with van der Waals surface area (Å²) in [5.74, 6) is 0. The topological polar surface area (TPSA) is 16.4 Å². The van der Waals surface area contributed by atoms with Gasteiger partial charge >= 0.3 is 0 Å². The summed E-state index contributed by atoms with van der Waals surface area (Å²) >= 11 is 0. The molecule has 12 rings (SSSR count). The number of hydrogen-bond acceptors (Lipinski definition) is 2. The molecule has 2 aliphatic carbocycles. The number of rotatable bonds is 6. The number of nitrogens with zero attached hydrogens (tertiary/aromatic N) is 1. The molecule has 0 spiro atoms. The Morgan fingerprint density at radius 2 is 1.05 bits per heavy atom. The molecule has 0 bridgehead atoms. The van der Waals surface area contributed by atoms with E-state index in [0.29, 0.717) is 0 Å². The fourth-order valence-corrected chi connectivity index (χ4v) is 11.2. The van der Waals surface area contributed by atoms with Crippen LogP contribution in [0.1, 0.15) is 74.9 Å². The number of para-hydroxylation sites is 2. The predicted octanol–water partition coefficient (Wildman–Crippen LogP) is 17.3. The summed E-state index contributed by atoms with van der Waals surface area (Å²) in [6.45, 7) is 14.1. The van der Waals surface area contributed by atoms with Crippen LogP contribution in [0.4, 0.5) is 17.1 Å². The van der Waals surface area contributed by atoms with E-state index in [4.69, 9.17) is 4.42 Å². The van der Waals surface area contributed by atoms with Crippen LogP contribution >= 0.6 is 0 Å². The third kappa shape index (κ3) is 5.93. The summed E-state index contributed by atoms with van der Waals surface area (Å²) in [5.41, 5.74) is 22.8. The Labute approximate surface area is 382 Å². The van der Waals surface area contributed by atoms with Gasteiger partial charge in [0.05, 0.1) is 5.69 Å². The molecule has 1 aromatic heterocycles. The zero-order valence-electron chi connectivity index (χ0n) is 37.9. The molecule has 0 N–H and O–H groups in total. The van der Waals surface area contributed by atoms with Crippen molar-refractivity contribution in [1.29, 1.82) is 0 Å². The van der Waals surface area contributed by atoms with E-state index >= 15 is 0 Å². The Bertz CT molecular complexity index is 3510. The van der Waals surface area contributed by atoms with Crippen molar-refractivity contribution in [3.05, 3.63) is 234 Å². The van der Waals surface area contributed by atoms with Gasteiger partial charge in [0.2, 0.25) is 0 Å². The van der Waals surface area contributed by atoms with Crippen molar-refractivity contribution in [3.8, 4) is 44.5 Å². The molecular weight excluding hydrogens is 787 g/mol. The normalized spacial score (nSPS) is 15.7. The summed E-state index contributed by atoms with van der Waals surface area (Å²) in [5, 5.41) is 2.27. The maximum atomic E-state index is 6.20. The highest BCUT2D eigenvalue weighted by atomic mass is 16.3. The van der Waals surface area contributed by atoms with Crippen molar-refractivity contribution in [2.75, 3.05) is 4.90 Å². The maximum absolute atomic E-state index is 6.20. The minimum absolute atomic E-state index is 0.0551. The Balaban J connectivity index is 1.06. The molecule has 0 aliphatic heterocycles. The molecule has 9 aromatic carbocycles. The van der Waals surface area contributed by atoms with Gasteiger partial charge in [-0.25, -0.2) is 0 Å². The van der Waals surface area contributed by atoms with Gasteiger partial charge in [-0.1, -0.05) is 186 Å². The van der Waals surface area contributed by atoms with Crippen LogP contribution in [0.5, 0.6) is 0 Å². The van der Waals surface area contributed by atoms with Gasteiger partial charge in [0, 0.05) is 38.5 Å². The first-order chi connectivity index (χ1) is 31.5. The van der Waals surface area contributed by atoms with Crippen LogP contribution in [0.3, 0.4) is 0 Å². The van der Waals surface area contributed by atoms with Crippen molar-refractivity contribution in [3.63, 3.8) is 0 Å². The van der Waals surface area contributed by atoms with Gasteiger partial charge in [0.1, 0.15) is 11.2 Å². The van der Waals surface area contributed by atoms with E-state index in [-0.39, 0.29) is 16.2 Å². The lowest BCUT2D eigenvalue weighted by Crippen LogP contribution is -2.22. The number of benzene rings is 9. The van der Waals surface area contributed by atoms with Crippen LogP contribution in [-0.2, 0) is 16.2 Å². The molecule has 2 heteroatoms. The molecule has 65 heavy (non-hydrogen) atoms. The first-order valence-corrected chi connectivity index (χ1v) is 23.0. The lowest BCUT2D eigenvalue weighted by Gasteiger charge is -2.32. The van der Waals surface area contributed by atoms with E-state index in [0.717, 1.165) is 50.1 Å². The number of anilines is 3. The molecule has 1 heterocycles. The molecule has 314 valence electrons. The van der Waals surface area contributed by atoms with Crippen LogP contribution in [0.15, 0.2) is 205 Å². The average Bonchev–Trinajstić information content (AvgIpc) is 3.92. The molecule has 0 amide bonds. The van der Waals surface area contributed by atoms with Gasteiger partial charge in [0.15, 0.2) is 0 Å². The molecule has 2 nitrogen and oxygen atoms in total. The van der Waals surface area contributed by atoms with Gasteiger partial charge in [-0.3, -0.25) is 0 Å². The standard InChI is InChI=1S/C63H51NO/c1-61(2,3)43-30-34-51-55(38-43)62(4,5)54-24-16-22-50(60(51)54)48-20-11-14-25-57(48)64(44-31-27-40(28-32-44)41-29-36-59-52(37-41)49-21-12-15-26-58(49)65-59)45-33-35-47-46-19-10-13-23-53(46)63(6,56(47)39-45)42-17-8-7-9-18-42/h7-39H,1-6H3. The van der Waals surface area contributed by atoms with Crippen molar-refractivity contribution in [2.24, 2.45) is 0 Å². The van der Waals surface area contributed by atoms with Crippen molar-refractivity contribution in [2.45, 2.75) is 57.8 Å². The number of hydrogen-bond donors (Lipinski definition) is 0. The summed E-state index contributed by atoms with van der Waals surface area (Å²) in [7, 11) is 0. The Hall–Kier alpha value is -7.42. The summed E-state index contributed by atoms with van der Waals surface area (Å²) in [6.07, 6.45) is 0. The van der Waals surface area contributed by atoms with Gasteiger partial charge < -0.3 is 9.32 Å². The van der Waals surface area contributed by atoms with Crippen LogP contribution < -0.4 is 4.90 Å². The maximum Gasteiger partial charge on any atom is 0.135 e. The molecule has 0 fully saturated rings. The van der Waals surface area contributed by atoms with Gasteiger partial charge in [-0.2, -0.15) is 0 Å². The highest BCUT2D eigenvalue weighted by Gasteiger charge is 2.42. The van der Waals surface area contributed by atoms with Crippen LogP contribution in [0, 0.1) is 0 Å². The largest absolute Gasteiger partial charge is 0.456 e. The number of furan rings is 1. The third-order valence-electron chi connectivity index (χ3n) is 14.7. The monoisotopic (exact) mass is 837 g/mol. The second-order valence-electron chi connectivity index (χ2n) is 19.8. The molecule has 0 saturated carbocycles. The SMILES string of the molecule is CC(C)(C)c1ccc2c(c1)C(C)(C)c1cccc(-c3ccccc3N(c3ccc(-c4ccc5oc6ccccc6c5c4)cc3)c3ccc4c(c3)C(C)(c3ccccc3)c3ccccc3-4)c1-2. The third-order valence-corrected chi connectivity index (χ3v) is 14.7. The van der Waals surface area contributed by atoms with Crippen LogP contribution in [-0.4, -0.2) is 0 Å². The lowest BCUT2D eigenvalue weighted by atomic mass is 9.74. The number of fused-ring (bicyclic) bond motifs is 9. The average molecular weight is 838 g/mol. The Kier molecular flexibility index (Phi) is 8.62. The lowest BCUT2D eigenvalue weighted by molar-refractivity contribution is 0.584. The molecule has 0 radical (unpaired) electrons. The van der Waals surface area contributed by atoms with Crippen molar-refractivity contribution >= 4 is 39.0 Å². The highest BCUT2D eigenvalue weighted by Crippen LogP contribution is 2.57. The summed E-state index contributed by atoms with van der Waals surface area (Å²) in [4.78, 5) is 2.49. The van der Waals surface area contributed by atoms with E-state index in [1.807, 2.05) is 12.1 Å². The fourth-order valence-electron chi connectivity index (χ4n) is 11.2. The van der Waals surface area contributed by atoms with E-state index < -0.39 is 0 Å². The zero-order valence-corrected chi connectivity index (χ0v) is 37.9. The Morgan fingerprint density at radius 3 is 1.86 bits per heavy atom. The van der Waals surface area contributed by atoms with Crippen LogP contribution in [0.25, 0.3) is 66.4 Å². The first-order valence-electron chi connectivity index (χ1n) is 23.0. The molecule has 1 unspecified atom stereocenters. The second kappa shape index (κ2) is 14.3. The molecule has 10 aromatic rings. The van der Waals surface area contributed by atoms with E-state index in [2.05, 4.69) is 234 Å². The van der Waals surface area contributed by atoms with Crippen molar-refractivity contribution < 1.29 is 4.42 Å².